The van der Waals surface area contributed by atoms with Crippen LogP contribution < -0.4 is 5.73 Å². The molecule has 1 unspecified atom stereocenters. The van der Waals surface area contributed by atoms with Crippen molar-refractivity contribution in [1.29, 1.82) is 0 Å². The molecule has 1 rings (SSSR count). The van der Waals surface area contributed by atoms with Crippen molar-refractivity contribution in [3.05, 3.63) is 0 Å². The minimum Gasteiger partial charge on any atom is -0.330 e. The summed E-state index contributed by atoms with van der Waals surface area (Å²) in [6, 6.07) is 0.713. The third kappa shape index (κ3) is 4.87. The van der Waals surface area contributed by atoms with Crippen molar-refractivity contribution >= 4 is 0 Å². The van der Waals surface area contributed by atoms with Gasteiger partial charge in [0, 0.05) is 38.8 Å². The molecule has 18 heavy (non-hydrogen) atoms. The fourth-order valence-electron chi connectivity index (χ4n) is 3.06. The van der Waals surface area contributed by atoms with Crippen LogP contribution in [0.2, 0.25) is 0 Å². The van der Waals surface area contributed by atoms with Crippen LogP contribution in [0.1, 0.15) is 46.5 Å². The zero-order chi connectivity index (χ0) is 13.4. The first-order chi connectivity index (χ1) is 8.74. The summed E-state index contributed by atoms with van der Waals surface area (Å²) < 4.78 is 0. The van der Waals surface area contributed by atoms with Gasteiger partial charge in [0.15, 0.2) is 0 Å². The lowest BCUT2D eigenvalue weighted by Gasteiger charge is -2.40. The molecule has 3 nitrogen and oxygen atoms in total. The van der Waals surface area contributed by atoms with Crippen LogP contribution in [-0.4, -0.2) is 55.1 Å². The van der Waals surface area contributed by atoms with Crippen LogP contribution in [-0.2, 0) is 0 Å². The molecular formula is C15H33N3. The van der Waals surface area contributed by atoms with E-state index in [-0.39, 0.29) is 0 Å². The Balaban J connectivity index is 2.31. The maximum absolute atomic E-state index is 5.70. The van der Waals surface area contributed by atoms with Gasteiger partial charge in [-0.2, -0.15) is 0 Å². The normalized spacial score (nSPS) is 20.5. The molecule has 0 amide bonds. The third-order valence-corrected chi connectivity index (χ3v) is 4.57. The SMILES string of the molecule is CCC(CC)CN1CCN(C(CC)CCN)CC1. The summed E-state index contributed by atoms with van der Waals surface area (Å²) in [6.07, 6.45) is 5.04. The quantitative estimate of drug-likeness (QED) is 0.721. The van der Waals surface area contributed by atoms with Crippen molar-refractivity contribution in [2.45, 2.75) is 52.5 Å². The van der Waals surface area contributed by atoms with Gasteiger partial charge in [0.1, 0.15) is 0 Å². The molecule has 0 aromatic heterocycles. The number of rotatable bonds is 8. The molecule has 108 valence electrons. The van der Waals surface area contributed by atoms with E-state index in [1.165, 1.54) is 52.0 Å². The maximum Gasteiger partial charge on any atom is 0.0113 e. The Bertz CT molecular complexity index is 196. The first kappa shape index (κ1) is 15.9. The third-order valence-electron chi connectivity index (χ3n) is 4.57. The number of hydrogen-bond donors (Lipinski definition) is 1. The van der Waals surface area contributed by atoms with Crippen molar-refractivity contribution in [3.63, 3.8) is 0 Å². The molecule has 1 atom stereocenters. The average Bonchev–Trinajstić information content (AvgIpc) is 2.43. The van der Waals surface area contributed by atoms with Crippen LogP contribution in [0.3, 0.4) is 0 Å². The molecule has 0 radical (unpaired) electrons. The summed E-state index contributed by atoms with van der Waals surface area (Å²) in [6.45, 7) is 14.0. The Kier molecular flexibility index (Phi) is 7.87. The highest BCUT2D eigenvalue weighted by Crippen LogP contribution is 2.15. The first-order valence-electron chi connectivity index (χ1n) is 7.91. The van der Waals surface area contributed by atoms with Crippen LogP contribution >= 0.6 is 0 Å². The smallest absolute Gasteiger partial charge is 0.0113 e. The Morgan fingerprint density at radius 1 is 0.944 bits per heavy atom. The molecule has 0 spiro atoms. The van der Waals surface area contributed by atoms with Gasteiger partial charge in [-0.15, -0.1) is 0 Å². The number of piperazine rings is 1. The minimum absolute atomic E-state index is 0.713. The van der Waals surface area contributed by atoms with E-state index in [0.29, 0.717) is 6.04 Å². The van der Waals surface area contributed by atoms with Crippen LogP contribution in [0.25, 0.3) is 0 Å². The van der Waals surface area contributed by atoms with Crippen LogP contribution in [0.15, 0.2) is 0 Å². The lowest BCUT2D eigenvalue weighted by atomic mass is 10.0. The van der Waals surface area contributed by atoms with Gasteiger partial charge in [-0.25, -0.2) is 0 Å². The van der Waals surface area contributed by atoms with Gasteiger partial charge >= 0.3 is 0 Å². The molecule has 0 aromatic rings. The van der Waals surface area contributed by atoms with E-state index in [4.69, 9.17) is 5.73 Å². The Hall–Kier alpha value is -0.120. The van der Waals surface area contributed by atoms with Gasteiger partial charge in [-0.3, -0.25) is 4.90 Å². The number of nitrogens with two attached hydrogens (primary N) is 1. The zero-order valence-corrected chi connectivity index (χ0v) is 12.7. The van der Waals surface area contributed by atoms with E-state index in [1.807, 2.05) is 0 Å². The van der Waals surface area contributed by atoms with Crippen molar-refractivity contribution < 1.29 is 0 Å². The summed E-state index contributed by atoms with van der Waals surface area (Å²) in [4.78, 5) is 5.31. The molecule has 0 aliphatic carbocycles. The molecule has 1 saturated heterocycles. The second-order valence-electron chi connectivity index (χ2n) is 5.66. The highest BCUT2D eigenvalue weighted by molar-refractivity contribution is 4.79. The molecule has 1 fully saturated rings. The molecule has 0 aromatic carbocycles. The second-order valence-corrected chi connectivity index (χ2v) is 5.66. The van der Waals surface area contributed by atoms with E-state index in [1.54, 1.807) is 0 Å². The fraction of sp³-hybridized carbons (Fsp3) is 1.00. The topological polar surface area (TPSA) is 32.5 Å². The summed E-state index contributed by atoms with van der Waals surface area (Å²) in [5, 5.41) is 0. The van der Waals surface area contributed by atoms with Gasteiger partial charge in [-0.1, -0.05) is 33.6 Å². The van der Waals surface area contributed by atoms with E-state index in [9.17, 15) is 0 Å². The van der Waals surface area contributed by atoms with E-state index in [2.05, 4.69) is 30.6 Å². The lowest BCUT2D eigenvalue weighted by molar-refractivity contribution is 0.0806. The van der Waals surface area contributed by atoms with E-state index >= 15 is 0 Å². The summed E-state index contributed by atoms with van der Waals surface area (Å²) >= 11 is 0. The van der Waals surface area contributed by atoms with Gasteiger partial charge in [-0.05, 0) is 25.3 Å². The number of hydrogen-bond acceptors (Lipinski definition) is 3. The number of nitrogens with zero attached hydrogens (tertiary/aromatic N) is 2. The first-order valence-corrected chi connectivity index (χ1v) is 7.91. The predicted octanol–water partition coefficient (Wildman–Crippen LogP) is 2.17. The molecule has 1 aliphatic heterocycles. The molecule has 3 heteroatoms. The minimum atomic E-state index is 0.713. The predicted molar refractivity (Wildman–Crippen MR) is 79.8 cm³/mol. The van der Waals surface area contributed by atoms with Gasteiger partial charge in [0.2, 0.25) is 0 Å². The second kappa shape index (κ2) is 8.89. The van der Waals surface area contributed by atoms with E-state index in [0.717, 1.165) is 18.9 Å². The molecule has 0 bridgehead atoms. The highest BCUT2D eigenvalue weighted by atomic mass is 15.3. The molecule has 1 heterocycles. The molecule has 1 aliphatic rings. The van der Waals surface area contributed by atoms with Crippen molar-refractivity contribution in [3.8, 4) is 0 Å². The van der Waals surface area contributed by atoms with E-state index < -0.39 is 0 Å². The van der Waals surface area contributed by atoms with Crippen molar-refractivity contribution in [2.75, 3.05) is 39.3 Å². The zero-order valence-electron chi connectivity index (χ0n) is 12.7. The molecular weight excluding hydrogens is 222 g/mol. The standard InChI is InChI=1S/C15H33N3/c1-4-14(5-2)13-17-9-11-18(12-10-17)15(6-3)7-8-16/h14-15H,4-13,16H2,1-3H3. The average molecular weight is 255 g/mol. The van der Waals surface area contributed by atoms with Gasteiger partial charge in [0.25, 0.3) is 0 Å². The largest absolute Gasteiger partial charge is 0.330 e. The van der Waals surface area contributed by atoms with Crippen LogP contribution in [0.5, 0.6) is 0 Å². The Morgan fingerprint density at radius 2 is 1.56 bits per heavy atom. The lowest BCUT2D eigenvalue weighted by Crippen LogP contribution is -2.51. The highest BCUT2D eigenvalue weighted by Gasteiger charge is 2.23. The summed E-state index contributed by atoms with van der Waals surface area (Å²) in [5.74, 6) is 0.891. The Labute approximate surface area is 114 Å². The Morgan fingerprint density at radius 3 is 2.00 bits per heavy atom. The maximum atomic E-state index is 5.70. The van der Waals surface area contributed by atoms with Crippen molar-refractivity contribution in [1.82, 2.24) is 9.80 Å². The van der Waals surface area contributed by atoms with Gasteiger partial charge in [0.05, 0.1) is 0 Å². The van der Waals surface area contributed by atoms with Crippen molar-refractivity contribution in [2.24, 2.45) is 11.7 Å². The summed E-state index contributed by atoms with van der Waals surface area (Å²) in [7, 11) is 0. The van der Waals surface area contributed by atoms with Gasteiger partial charge < -0.3 is 10.6 Å². The summed E-state index contributed by atoms with van der Waals surface area (Å²) in [5.41, 5.74) is 5.70. The van der Waals surface area contributed by atoms with Crippen LogP contribution in [0.4, 0.5) is 0 Å². The van der Waals surface area contributed by atoms with Crippen LogP contribution in [0, 0.1) is 5.92 Å². The fourth-order valence-corrected chi connectivity index (χ4v) is 3.06. The molecule has 2 N–H and O–H groups in total. The monoisotopic (exact) mass is 255 g/mol. The molecule has 0 saturated carbocycles.